The summed E-state index contributed by atoms with van der Waals surface area (Å²) in [6.45, 7) is 6.46. The molecule has 1 aliphatic carbocycles. The van der Waals surface area contributed by atoms with E-state index >= 15 is 0 Å². The van der Waals surface area contributed by atoms with Crippen molar-refractivity contribution in [3.63, 3.8) is 0 Å². The minimum absolute atomic E-state index is 0.00578. The van der Waals surface area contributed by atoms with Crippen LogP contribution in [0.2, 0.25) is 0 Å². The molecule has 3 aromatic rings. The molecule has 0 bridgehead atoms. The number of rotatable bonds is 10. The van der Waals surface area contributed by atoms with Crippen molar-refractivity contribution in [2.24, 2.45) is 18.9 Å². The monoisotopic (exact) mass is 687 g/mol. The Morgan fingerprint density at radius 3 is 2.64 bits per heavy atom. The summed E-state index contributed by atoms with van der Waals surface area (Å²) in [7, 11) is 3.77. The number of carbonyl (C=O) groups is 2. The third-order valence-corrected chi connectivity index (χ3v) is 10.2. The normalized spacial score (nSPS) is 24.0. The molecule has 3 aliphatic rings. The number of likely N-dealkylation sites (tertiary alicyclic amines) is 1. The van der Waals surface area contributed by atoms with Crippen LogP contribution in [0.15, 0.2) is 54.9 Å². The molecule has 2 aliphatic heterocycles. The number of anilines is 1. The standard InChI is InChI=1S/C38H44F3N7O2/c1-6-12-45(4)13-8-11-34(49)43-29-14-25(2)20-47(22-29)21-27-15-31-32(33(16-27)38(39,40)41)23-48(35(31)50)30-10-7-9-28(17-30)37(18-26(3)19-37)36-44-42-24-46(36)5/h1,7-11,15-17,24-26,29H,12-14,18-23H2,2-5H3,(H,43,49)/b11-8+. The molecule has 3 heterocycles. The molecule has 0 spiro atoms. The van der Waals surface area contributed by atoms with Gasteiger partial charge in [-0.05, 0) is 79.1 Å². The van der Waals surface area contributed by atoms with E-state index in [1.807, 2.05) is 41.8 Å². The first-order valence-electron chi connectivity index (χ1n) is 17.1. The van der Waals surface area contributed by atoms with E-state index in [0.717, 1.165) is 30.7 Å². The van der Waals surface area contributed by atoms with Gasteiger partial charge in [0.15, 0.2) is 0 Å². The molecule has 2 aromatic carbocycles. The van der Waals surface area contributed by atoms with Crippen LogP contribution in [0, 0.1) is 24.2 Å². The molecule has 12 heteroatoms. The fourth-order valence-electron chi connectivity index (χ4n) is 8.15. The molecule has 2 amide bonds. The Hall–Kier alpha value is -4.47. The van der Waals surface area contributed by atoms with E-state index < -0.39 is 17.6 Å². The average molecular weight is 688 g/mol. The van der Waals surface area contributed by atoms with Crippen molar-refractivity contribution in [3.05, 3.63) is 88.5 Å². The van der Waals surface area contributed by atoms with E-state index in [-0.39, 0.29) is 47.5 Å². The molecule has 6 rings (SSSR count). The summed E-state index contributed by atoms with van der Waals surface area (Å²) in [5.41, 5.74) is 0.857. The number of hydrogen-bond donors (Lipinski definition) is 1. The van der Waals surface area contributed by atoms with Crippen molar-refractivity contribution in [2.45, 2.75) is 63.8 Å². The molecule has 50 heavy (non-hydrogen) atoms. The molecular weight excluding hydrogens is 643 g/mol. The number of halogens is 3. The third kappa shape index (κ3) is 7.21. The first kappa shape index (κ1) is 35.4. The van der Waals surface area contributed by atoms with Crippen molar-refractivity contribution in [1.29, 1.82) is 0 Å². The van der Waals surface area contributed by atoms with E-state index in [0.29, 0.717) is 43.3 Å². The Kier molecular flexibility index (Phi) is 9.93. The predicted octanol–water partition coefficient (Wildman–Crippen LogP) is 5.16. The number of aryl methyl sites for hydroxylation is 1. The highest BCUT2D eigenvalue weighted by atomic mass is 19.4. The van der Waals surface area contributed by atoms with E-state index in [2.05, 4.69) is 40.2 Å². The molecule has 1 saturated heterocycles. The van der Waals surface area contributed by atoms with Crippen LogP contribution in [0.25, 0.3) is 0 Å². The predicted molar refractivity (Wildman–Crippen MR) is 185 cm³/mol. The maximum absolute atomic E-state index is 14.6. The van der Waals surface area contributed by atoms with E-state index in [4.69, 9.17) is 6.42 Å². The maximum atomic E-state index is 14.6. The van der Waals surface area contributed by atoms with Crippen LogP contribution in [0.3, 0.4) is 0 Å². The number of amides is 2. The SMILES string of the molecule is C#CCN(C)C/C=C/C(=O)NC1CC(C)CN(Cc2cc3c(c(C(F)(F)F)c2)CN(c2cccc(C4(c5nncn5C)CC(C)C4)c2)C3=O)C1. The highest BCUT2D eigenvalue weighted by Gasteiger charge is 2.48. The van der Waals surface area contributed by atoms with Gasteiger partial charge in [-0.15, -0.1) is 16.6 Å². The van der Waals surface area contributed by atoms with Gasteiger partial charge >= 0.3 is 6.18 Å². The number of fused-ring (bicyclic) bond motifs is 1. The summed E-state index contributed by atoms with van der Waals surface area (Å²) >= 11 is 0. The number of benzene rings is 2. The Labute approximate surface area is 291 Å². The summed E-state index contributed by atoms with van der Waals surface area (Å²) in [6.07, 6.45) is 8.08. The van der Waals surface area contributed by atoms with Gasteiger partial charge in [-0.1, -0.05) is 38.0 Å². The molecular formula is C38H44F3N7O2. The van der Waals surface area contributed by atoms with Gasteiger partial charge in [0, 0.05) is 56.6 Å². The Morgan fingerprint density at radius 1 is 1.18 bits per heavy atom. The number of nitrogens with zero attached hydrogens (tertiary/aromatic N) is 6. The van der Waals surface area contributed by atoms with Gasteiger partial charge in [0.2, 0.25) is 5.91 Å². The number of carbonyl (C=O) groups excluding carboxylic acids is 2. The quantitative estimate of drug-likeness (QED) is 0.234. The minimum atomic E-state index is -4.64. The lowest BCUT2D eigenvalue weighted by Crippen LogP contribution is -2.49. The van der Waals surface area contributed by atoms with Crippen LogP contribution in [0.1, 0.15) is 71.5 Å². The molecule has 1 aromatic heterocycles. The lowest BCUT2D eigenvalue weighted by atomic mass is 9.58. The van der Waals surface area contributed by atoms with Gasteiger partial charge in [0.25, 0.3) is 5.91 Å². The highest BCUT2D eigenvalue weighted by molar-refractivity contribution is 6.10. The molecule has 264 valence electrons. The highest BCUT2D eigenvalue weighted by Crippen LogP contribution is 2.52. The van der Waals surface area contributed by atoms with Gasteiger partial charge < -0.3 is 14.8 Å². The van der Waals surface area contributed by atoms with Gasteiger partial charge in [-0.2, -0.15) is 13.2 Å². The fraction of sp³-hybridized carbons (Fsp3) is 0.474. The maximum Gasteiger partial charge on any atom is 0.416 e. The first-order chi connectivity index (χ1) is 23.8. The number of terminal acetylenes is 1. The minimum Gasteiger partial charge on any atom is -0.349 e. The summed E-state index contributed by atoms with van der Waals surface area (Å²) in [5, 5.41) is 11.5. The molecule has 2 atom stereocenters. The van der Waals surface area contributed by atoms with Gasteiger partial charge in [-0.3, -0.25) is 19.4 Å². The summed E-state index contributed by atoms with van der Waals surface area (Å²) in [5.74, 6) is 3.41. The van der Waals surface area contributed by atoms with Crippen molar-refractivity contribution in [2.75, 3.05) is 38.1 Å². The summed E-state index contributed by atoms with van der Waals surface area (Å²) in [4.78, 5) is 32.0. The molecule has 1 saturated carbocycles. The van der Waals surface area contributed by atoms with Crippen molar-refractivity contribution < 1.29 is 22.8 Å². The second-order valence-corrected chi connectivity index (χ2v) is 14.5. The van der Waals surface area contributed by atoms with E-state index in [1.165, 1.54) is 17.0 Å². The zero-order chi connectivity index (χ0) is 35.8. The van der Waals surface area contributed by atoms with Crippen molar-refractivity contribution in [1.82, 2.24) is 29.9 Å². The van der Waals surface area contributed by atoms with Crippen LogP contribution in [-0.4, -0.2) is 75.6 Å². The molecule has 2 unspecified atom stereocenters. The van der Waals surface area contributed by atoms with E-state index in [9.17, 15) is 22.8 Å². The summed E-state index contributed by atoms with van der Waals surface area (Å²) in [6, 6.07) is 10.2. The lowest BCUT2D eigenvalue weighted by molar-refractivity contribution is -0.138. The number of alkyl halides is 3. The third-order valence-electron chi connectivity index (χ3n) is 10.2. The second-order valence-electron chi connectivity index (χ2n) is 14.5. The van der Waals surface area contributed by atoms with Gasteiger partial charge in [0.05, 0.1) is 24.1 Å². The van der Waals surface area contributed by atoms with Crippen LogP contribution in [0.5, 0.6) is 0 Å². The molecule has 1 N–H and O–H groups in total. The summed E-state index contributed by atoms with van der Waals surface area (Å²) < 4.78 is 45.7. The molecule has 2 fully saturated rings. The van der Waals surface area contributed by atoms with Crippen molar-refractivity contribution in [3.8, 4) is 12.3 Å². The second kappa shape index (κ2) is 14.0. The van der Waals surface area contributed by atoms with Crippen LogP contribution < -0.4 is 10.2 Å². The van der Waals surface area contributed by atoms with Crippen LogP contribution >= 0.6 is 0 Å². The average Bonchev–Trinajstić information content (AvgIpc) is 3.61. The van der Waals surface area contributed by atoms with E-state index in [1.54, 1.807) is 24.5 Å². The van der Waals surface area contributed by atoms with Crippen molar-refractivity contribution >= 4 is 17.5 Å². The Balaban J connectivity index is 1.21. The smallest absolute Gasteiger partial charge is 0.349 e. The zero-order valence-electron chi connectivity index (χ0n) is 29.0. The number of hydrogen-bond acceptors (Lipinski definition) is 6. The largest absolute Gasteiger partial charge is 0.416 e. The topological polar surface area (TPSA) is 86.6 Å². The number of aromatic nitrogens is 3. The van der Waals surface area contributed by atoms with Crippen LogP contribution in [0.4, 0.5) is 18.9 Å². The van der Waals surface area contributed by atoms with Gasteiger partial charge in [-0.25, -0.2) is 0 Å². The number of nitrogens with one attached hydrogen (secondary N) is 1. The van der Waals surface area contributed by atoms with Crippen LogP contribution in [-0.2, 0) is 36.5 Å². The Bertz CT molecular complexity index is 1820. The van der Waals surface area contributed by atoms with Gasteiger partial charge in [0.1, 0.15) is 12.2 Å². The lowest BCUT2D eigenvalue weighted by Gasteiger charge is -2.46. The number of likely N-dealkylation sites (N-methyl/N-ethyl adjacent to an activating group) is 1. The molecule has 0 radical (unpaired) electrons. The molecule has 9 nitrogen and oxygen atoms in total. The first-order valence-corrected chi connectivity index (χ1v) is 17.1. The Morgan fingerprint density at radius 2 is 1.96 bits per heavy atom. The number of piperidine rings is 1. The fourth-order valence-corrected chi connectivity index (χ4v) is 8.15. The zero-order valence-corrected chi connectivity index (χ0v) is 29.0.